The third kappa shape index (κ3) is 3.08. The molecule has 1 rings (SSSR count). The van der Waals surface area contributed by atoms with Crippen molar-refractivity contribution in [1.82, 2.24) is 20.1 Å². The monoisotopic (exact) mass is 245 g/mol. The van der Waals surface area contributed by atoms with Gasteiger partial charge in [0.2, 0.25) is 5.82 Å². The van der Waals surface area contributed by atoms with E-state index in [0.29, 0.717) is 5.82 Å². The lowest BCUT2D eigenvalue weighted by atomic mass is 9.96. The Morgan fingerprint density at radius 3 is 2.61 bits per heavy atom. The Morgan fingerprint density at radius 1 is 1.50 bits per heavy atom. The summed E-state index contributed by atoms with van der Waals surface area (Å²) in [5.41, 5.74) is -0.224. The fourth-order valence-electron chi connectivity index (χ4n) is 1.23. The number of hydrogen-bond acceptors (Lipinski definition) is 4. The Balaban J connectivity index is 2.93. The maximum Gasteiger partial charge on any atom is 0.295 e. The van der Waals surface area contributed by atoms with Gasteiger partial charge in [-0.05, 0) is 0 Å². The van der Waals surface area contributed by atoms with Crippen molar-refractivity contribution >= 4 is 5.91 Å². The van der Waals surface area contributed by atoms with Crippen LogP contribution in [0.1, 0.15) is 37.2 Å². The van der Waals surface area contributed by atoms with Gasteiger partial charge in [-0.1, -0.05) is 26.7 Å². The average molecular weight is 245 g/mol. The van der Waals surface area contributed by atoms with E-state index < -0.39 is 5.91 Å². The summed E-state index contributed by atoms with van der Waals surface area (Å²) in [5, 5.41) is 15.2. The second-order valence-electron chi connectivity index (χ2n) is 4.78. The lowest BCUT2D eigenvalue weighted by Crippen LogP contribution is -2.32. The van der Waals surface area contributed by atoms with E-state index in [1.165, 1.54) is 4.90 Å². The highest BCUT2D eigenvalue weighted by molar-refractivity contribution is 5.90. The standard InChI is InChI=1S/C12H15N5O/c1-5-7-17(8-6-13)10(18)9-14-11(16-15-9)12(2,3)4/h1H,7-8H2,2-4H3,(H,14,15,16). The second-order valence-corrected chi connectivity index (χ2v) is 4.78. The quantitative estimate of drug-likeness (QED) is 0.627. The summed E-state index contributed by atoms with van der Waals surface area (Å²) < 4.78 is 0. The van der Waals surface area contributed by atoms with E-state index in [1.54, 1.807) is 0 Å². The summed E-state index contributed by atoms with van der Waals surface area (Å²) >= 11 is 0. The molecule has 1 heterocycles. The highest BCUT2D eigenvalue weighted by atomic mass is 16.2. The molecule has 0 atom stereocenters. The van der Waals surface area contributed by atoms with Gasteiger partial charge in [0.05, 0.1) is 12.6 Å². The molecule has 0 aliphatic heterocycles. The van der Waals surface area contributed by atoms with E-state index in [-0.39, 0.29) is 24.3 Å². The molecule has 0 aliphatic rings. The number of nitrogens with one attached hydrogen (secondary N) is 1. The number of amides is 1. The SMILES string of the molecule is C#CCN(CC#N)C(=O)c1n[nH]c(C(C)(C)C)n1. The van der Waals surface area contributed by atoms with E-state index in [0.717, 1.165) is 0 Å². The minimum atomic E-state index is -0.443. The van der Waals surface area contributed by atoms with Crippen molar-refractivity contribution in [3.63, 3.8) is 0 Å². The third-order valence-corrected chi connectivity index (χ3v) is 2.22. The van der Waals surface area contributed by atoms with Crippen molar-refractivity contribution in [2.75, 3.05) is 13.1 Å². The molecule has 6 nitrogen and oxygen atoms in total. The molecular formula is C12H15N5O. The van der Waals surface area contributed by atoms with Gasteiger partial charge in [0.15, 0.2) is 0 Å². The zero-order chi connectivity index (χ0) is 13.8. The van der Waals surface area contributed by atoms with E-state index in [9.17, 15) is 4.79 Å². The van der Waals surface area contributed by atoms with Crippen molar-refractivity contribution in [3.05, 3.63) is 11.6 Å². The minimum absolute atomic E-state index is 0.0328. The second kappa shape index (κ2) is 5.33. The number of aromatic nitrogens is 3. The highest BCUT2D eigenvalue weighted by Crippen LogP contribution is 2.17. The van der Waals surface area contributed by atoms with E-state index >= 15 is 0 Å². The van der Waals surface area contributed by atoms with Gasteiger partial charge in [0.1, 0.15) is 12.4 Å². The van der Waals surface area contributed by atoms with Crippen LogP contribution in [0.5, 0.6) is 0 Å². The van der Waals surface area contributed by atoms with Gasteiger partial charge in [-0.3, -0.25) is 9.89 Å². The Morgan fingerprint density at radius 2 is 2.17 bits per heavy atom. The molecule has 0 spiro atoms. The highest BCUT2D eigenvalue weighted by Gasteiger charge is 2.23. The largest absolute Gasteiger partial charge is 0.311 e. The van der Waals surface area contributed by atoms with Gasteiger partial charge in [-0.25, -0.2) is 4.98 Å². The maximum absolute atomic E-state index is 12.0. The van der Waals surface area contributed by atoms with Crippen LogP contribution in [0.3, 0.4) is 0 Å². The van der Waals surface area contributed by atoms with Gasteiger partial charge in [0.25, 0.3) is 5.91 Å². The Hall–Kier alpha value is -2.34. The van der Waals surface area contributed by atoms with Crippen molar-refractivity contribution in [3.8, 4) is 18.4 Å². The van der Waals surface area contributed by atoms with Gasteiger partial charge < -0.3 is 4.90 Å². The van der Waals surface area contributed by atoms with Crippen LogP contribution in [0, 0.1) is 23.7 Å². The van der Waals surface area contributed by atoms with Gasteiger partial charge in [0, 0.05) is 5.41 Å². The number of nitrogens with zero attached hydrogens (tertiary/aromatic N) is 4. The van der Waals surface area contributed by atoms with Crippen LogP contribution >= 0.6 is 0 Å². The minimum Gasteiger partial charge on any atom is -0.311 e. The molecular weight excluding hydrogens is 230 g/mol. The first-order valence-corrected chi connectivity index (χ1v) is 5.42. The summed E-state index contributed by atoms with van der Waals surface area (Å²) in [6, 6.07) is 1.88. The molecule has 0 saturated carbocycles. The molecule has 1 aromatic heterocycles. The summed E-state index contributed by atoms with van der Waals surface area (Å²) in [5.74, 6) is 2.53. The number of carbonyl (C=O) groups excluding carboxylic acids is 1. The normalized spacial score (nSPS) is 10.5. The van der Waals surface area contributed by atoms with Crippen molar-refractivity contribution in [1.29, 1.82) is 5.26 Å². The Kier molecular flexibility index (Phi) is 4.06. The van der Waals surface area contributed by atoms with Crippen molar-refractivity contribution in [2.45, 2.75) is 26.2 Å². The molecule has 0 fully saturated rings. The number of nitriles is 1. The Labute approximate surface area is 106 Å². The van der Waals surface area contributed by atoms with Gasteiger partial charge >= 0.3 is 0 Å². The number of aromatic amines is 1. The average Bonchev–Trinajstić information content (AvgIpc) is 2.76. The fourth-order valence-corrected chi connectivity index (χ4v) is 1.23. The number of carbonyl (C=O) groups is 1. The van der Waals surface area contributed by atoms with Gasteiger partial charge in [-0.15, -0.1) is 11.5 Å². The first-order valence-electron chi connectivity index (χ1n) is 5.42. The number of H-pyrrole nitrogens is 1. The maximum atomic E-state index is 12.0. The molecule has 1 amide bonds. The molecule has 0 aliphatic carbocycles. The van der Waals surface area contributed by atoms with Crippen molar-refractivity contribution in [2.24, 2.45) is 0 Å². The predicted molar refractivity (Wildman–Crippen MR) is 65.4 cm³/mol. The van der Waals surface area contributed by atoms with E-state index in [2.05, 4.69) is 21.1 Å². The van der Waals surface area contributed by atoms with Crippen LogP contribution in [0.25, 0.3) is 0 Å². The number of terminal acetylenes is 1. The van der Waals surface area contributed by atoms with Crippen molar-refractivity contribution < 1.29 is 4.79 Å². The molecule has 1 N–H and O–H groups in total. The molecule has 0 unspecified atom stereocenters. The van der Waals surface area contributed by atoms with Crippen LogP contribution < -0.4 is 0 Å². The molecule has 18 heavy (non-hydrogen) atoms. The Bertz CT molecular complexity index is 496. The molecule has 6 heteroatoms. The summed E-state index contributed by atoms with van der Waals surface area (Å²) in [4.78, 5) is 17.3. The zero-order valence-corrected chi connectivity index (χ0v) is 10.7. The lowest BCUT2D eigenvalue weighted by Gasteiger charge is -2.14. The molecule has 0 radical (unpaired) electrons. The summed E-state index contributed by atoms with van der Waals surface area (Å²) in [6.45, 7) is 5.84. The smallest absolute Gasteiger partial charge is 0.295 e. The first-order chi connectivity index (χ1) is 8.40. The molecule has 0 saturated heterocycles. The van der Waals surface area contributed by atoms with Gasteiger partial charge in [-0.2, -0.15) is 5.26 Å². The molecule has 0 aromatic carbocycles. The first kappa shape index (κ1) is 13.7. The molecule has 0 bridgehead atoms. The lowest BCUT2D eigenvalue weighted by molar-refractivity contribution is 0.0783. The summed E-state index contributed by atoms with van der Waals surface area (Å²) in [7, 11) is 0. The fraction of sp³-hybridized carbons (Fsp3) is 0.500. The van der Waals surface area contributed by atoms with Crippen LogP contribution in [0.15, 0.2) is 0 Å². The third-order valence-electron chi connectivity index (χ3n) is 2.22. The molecule has 94 valence electrons. The zero-order valence-electron chi connectivity index (χ0n) is 10.7. The van der Waals surface area contributed by atoms with Crippen LogP contribution in [0.2, 0.25) is 0 Å². The van der Waals surface area contributed by atoms with Crippen LogP contribution in [-0.2, 0) is 5.41 Å². The number of rotatable bonds is 3. The number of hydrogen-bond donors (Lipinski definition) is 1. The topological polar surface area (TPSA) is 85.7 Å². The van der Waals surface area contributed by atoms with E-state index in [1.807, 2.05) is 26.8 Å². The summed E-state index contributed by atoms with van der Waals surface area (Å²) in [6.07, 6.45) is 5.15. The predicted octanol–water partition coefficient (Wildman–Crippen LogP) is 0.701. The van der Waals surface area contributed by atoms with E-state index in [4.69, 9.17) is 11.7 Å². The van der Waals surface area contributed by atoms with Crippen LogP contribution in [0.4, 0.5) is 0 Å². The van der Waals surface area contributed by atoms with Crippen LogP contribution in [-0.4, -0.2) is 39.1 Å². The molecule has 1 aromatic rings.